The van der Waals surface area contributed by atoms with E-state index in [1.807, 2.05) is 23.2 Å². The lowest BCUT2D eigenvalue weighted by atomic mass is 9.79. The third-order valence-corrected chi connectivity index (χ3v) is 5.35. The van der Waals surface area contributed by atoms with Crippen LogP contribution in [0.3, 0.4) is 0 Å². The number of rotatable bonds is 3. The largest absolute Gasteiger partial charge is 0.472 e. The monoisotopic (exact) mass is 325 g/mol. The summed E-state index contributed by atoms with van der Waals surface area (Å²) in [7, 11) is 0. The Morgan fingerprint density at radius 1 is 1.21 bits per heavy atom. The third kappa shape index (κ3) is 3.08. The first-order valence-corrected chi connectivity index (χ1v) is 8.68. The van der Waals surface area contributed by atoms with Crippen LogP contribution in [0.4, 0.5) is 0 Å². The van der Waals surface area contributed by atoms with Gasteiger partial charge in [0.1, 0.15) is 6.26 Å². The average Bonchev–Trinajstić information content (AvgIpc) is 3.26. The molecule has 126 valence electrons. The molecule has 0 aromatic carbocycles. The van der Waals surface area contributed by atoms with E-state index >= 15 is 0 Å². The highest BCUT2D eigenvalue weighted by atomic mass is 16.3. The quantitative estimate of drug-likeness (QED) is 0.871. The second-order valence-corrected chi connectivity index (χ2v) is 7.12. The Morgan fingerprint density at radius 3 is 2.96 bits per heavy atom. The molecule has 1 atom stereocenters. The Bertz CT molecular complexity index is 686. The van der Waals surface area contributed by atoms with Crippen LogP contribution in [-0.4, -0.2) is 46.9 Å². The van der Waals surface area contributed by atoms with Crippen LogP contribution >= 0.6 is 0 Å². The van der Waals surface area contributed by atoms with Crippen molar-refractivity contribution in [2.45, 2.75) is 25.8 Å². The van der Waals surface area contributed by atoms with Crippen molar-refractivity contribution in [3.8, 4) is 0 Å². The zero-order valence-electron chi connectivity index (χ0n) is 13.9. The van der Waals surface area contributed by atoms with Gasteiger partial charge in [-0.15, -0.1) is 0 Å². The van der Waals surface area contributed by atoms with Gasteiger partial charge in [0.25, 0.3) is 5.91 Å². The Balaban J connectivity index is 1.41. The fraction of sp³-hybridized carbons (Fsp3) is 0.474. The maximum Gasteiger partial charge on any atom is 0.257 e. The molecule has 1 unspecified atom stereocenters. The van der Waals surface area contributed by atoms with E-state index in [0.29, 0.717) is 5.56 Å². The van der Waals surface area contributed by atoms with Crippen molar-refractivity contribution in [3.05, 3.63) is 54.2 Å². The number of hydrogen-bond donors (Lipinski definition) is 0. The van der Waals surface area contributed by atoms with Gasteiger partial charge in [-0.05, 0) is 44.0 Å². The molecule has 0 bridgehead atoms. The van der Waals surface area contributed by atoms with E-state index in [1.54, 1.807) is 18.6 Å². The lowest BCUT2D eigenvalue weighted by Gasteiger charge is -2.40. The van der Waals surface area contributed by atoms with E-state index in [0.717, 1.165) is 44.8 Å². The van der Waals surface area contributed by atoms with Gasteiger partial charge in [0.15, 0.2) is 0 Å². The number of likely N-dealkylation sites (tertiary alicyclic amines) is 2. The van der Waals surface area contributed by atoms with Crippen molar-refractivity contribution in [2.24, 2.45) is 5.41 Å². The Labute approximate surface area is 142 Å². The van der Waals surface area contributed by atoms with Crippen LogP contribution < -0.4 is 0 Å². The van der Waals surface area contributed by atoms with Crippen LogP contribution in [0.25, 0.3) is 0 Å². The van der Waals surface area contributed by atoms with Crippen molar-refractivity contribution in [1.29, 1.82) is 0 Å². The predicted molar refractivity (Wildman–Crippen MR) is 90.4 cm³/mol. The molecule has 0 radical (unpaired) electrons. The molecule has 5 nitrogen and oxygen atoms in total. The fourth-order valence-electron chi connectivity index (χ4n) is 4.18. The topological polar surface area (TPSA) is 49.6 Å². The number of aromatic nitrogens is 1. The predicted octanol–water partition coefficient (Wildman–Crippen LogP) is 2.80. The van der Waals surface area contributed by atoms with Crippen LogP contribution in [-0.2, 0) is 6.54 Å². The minimum Gasteiger partial charge on any atom is -0.472 e. The standard InChI is InChI=1S/C19H23N3O2/c23-18(16-5-11-24-13-16)22-10-7-19(15-22)6-3-9-21(14-19)12-17-4-1-2-8-20-17/h1-2,4-5,8,11,13H,3,6-7,9-10,12,14-15H2. The summed E-state index contributed by atoms with van der Waals surface area (Å²) in [6, 6.07) is 7.84. The summed E-state index contributed by atoms with van der Waals surface area (Å²) in [5.41, 5.74) is 2.03. The molecular weight excluding hydrogens is 302 g/mol. The highest BCUT2D eigenvalue weighted by molar-refractivity contribution is 5.94. The van der Waals surface area contributed by atoms with Crippen LogP contribution in [0, 0.1) is 5.41 Å². The van der Waals surface area contributed by atoms with E-state index in [-0.39, 0.29) is 11.3 Å². The molecule has 1 spiro atoms. The lowest BCUT2D eigenvalue weighted by Crippen LogP contribution is -2.45. The SMILES string of the molecule is O=C(c1ccoc1)N1CCC2(CCCN(Cc3ccccn3)C2)C1. The fourth-order valence-corrected chi connectivity index (χ4v) is 4.18. The van der Waals surface area contributed by atoms with Gasteiger partial charge in [0, 0.05) is 37.8 Å². The van der Waals surface area contributed by atoms with Crippen molar-refractivity contribution >= 4 is 5.91 Å². The van der Waals surface area contributed by atoms with E-state index in [9.17, 15) is 4.79 Å². The number of nitrogens with zero attached hydrogens (tertiary/aromatic N) is 3. The number of piperidine rings is 1. The summed E-state index contributed by atoms with van der Waals surface area (Å²) >= 11 is 0. The molecule has 4 heterocycles. The number of hydrogen-bond acceptors (Lipinski definition) is 4. The van der Waals surface area contributed by atoms with Crippen LogP contribution in [0.1, 0.15) is 35.3 Å². The molecule has 24 heavy (non-hydrogen) atoms. The summed E-state index contributed by atoms with van der Waals surface area (Å²) in [4.78, 5) is 21.5. The molecule has 0 aliphatic carbocycles. The van der Waals surface area contributed by atoms with E-state index < -0.39 is 0 Å². The van der Waals surface area contributed by atoms with Gasteiger partial charge in [-0.25, -0.2) is 0 Å². The van der Waals surface area contributed by atoms with Crippen molar-refractivity contribution in [3.63, 3.8) is 0 Å². The zero-order valence-corrected chi connectivity index (χ0v) is 13.9. The van der Waals surface area contributed by atoms with Gasteiger partial charge in [-0.3, -0.25) is 14.7 Å². The molecule has 0 saturated carbocycles. The molecule has 2 fully saturated rings. The smallest absolute Gasteiger partial charge is 0.257 e. The first-order chi connectivity index (χ1) is 11.7. The molecule has 5 heteroatoms. The molecule has 4 rings (SSSR count). The van der Waals surface area contributed by atoms with Crippen LogP contribution in [0.5, 0.6) is 0 Å². The van der Waals surface area contributed by atoms with E-state index in [2.05, 4.69) is 16.0 Å². The lowest BCUT2D eigenvalue weighted by molar-refractivity contribution is 0.0672. The number of amides is 1. The maximum atomic E-state index is 12.5. The van der Waals surface area contributed by atoms with Crippen molar-refractivity contribution < 1.29 is 9.21 Å². The Kier molecular flexibility index (Phi) is 4.10. The highest BCUT2D eigenvalue weighted by Crippen LogP contribution is 2.39. The minimum absolute atomic E-state index is 0.0995. The van der Waals surface area contributed by atoms with Gasteiger partial charge < -0.3 is 9.32 Å². The molecular formula is C19H23N3O2. The first-order valence-electron chi connectivity index (χ1n) is 8.68. The summed E-state index contributed by atoms with van der Waals surface area (Å²) in [6.45, 7) is 4.78. The Morgan fingerprint density at radius 2 is 2.17 bits per heavy atom. The number of carbonyl (C=O) groups excluding carboxylic acids is 1. The highest BCUT2D eigenvalue weighted by Gasteiger charge is 2.42. The average molecular weight is 325 g/mol. The molecule has 0 N–H and O–H groups in total. The first kappa shape index (κ1) is 15.4. The molecule has 2 aromatic rings. The third-order valence-electron chi connectivity index (χ3n) is 5.35. The van der Waals surface area contributed by atoms with Gasteiger partial charge >= 0.3 is 0 Å². The van der Waals surface area contributed by atoms with Gasteiger partial charge in [-0.1, -0.05) is 6.07 Å². The number of pyridine rings is 1. The van der Waals surface area contributed by atoms with Crippen molar-refractivity contribution in [1.82, 2.24) is 14.8 Å². The molecule has 2 aliphatic heterocycles. The number of furan rings is 1. The molecule has 1 amide bonds. The van der Waals surface area contributed by atoms with E-state index in [1.165, 1.54) is 12.8 Å². The van der Waals surface area contributed by atoms with Gasteiger partial charge in [0.2, 0.25) is 0 Å². The second-order valence-electron chi connectivity index (χ2n) is 7.12. The van der Waals surface area contributed by atoms with Crippen LogP contribution in [0.15, 0.2) is 47.4 Å². The summed E-state index contributed by atoms with van der Waals surface area (Å²) < 4.78 is 5.05. The summed E-state index contributed by atoms with van der Waals surface area (Å²) in [6.07, 6.45) is 8.46. The summed E-state index contributed by atoms with van der Waals surface area (Å²) in [5, 5.41) is 0. The number of carbonyl (C=O) groups is 1. The maximum absolute atomic E-state index is 12.5. The van der Waals surface area contributed by atoms with E-state index in [4.69, 9.17) is 4.42 Å². The molecule has 2 aliphatic rings. The molecule has 2 saturated heterocycles. The normalized spacial score (nSPS) is 24.6. The zero-order chi connectivity index (χ0) is 16.4. The Hall–Kier alpha value is -2.14. The molecule has 2 aromatic heterocycles. The van der Waals surface area contributed by atoms with Crippen LogP contribution in [0.2, 0.25) is 0 Å². The minimum atomic E-state index is 0.0995. The van der Waals surface area contributed by atoms with Gasteiger partial charge in [0.05, 0.1) is 17.5 Å². The van der Waals surface area contributed by atoms with Crippen molar-refractivity contribution in [2.75, 3.05) is 26.2 Å². The summed E-state index contributed by atoms with van der Waals surface area (Å²) in [5.74, 6) is 0.0995. The van der Waals surface area contributed by atoms with Gasteiger partial charge in [-0.2, -0.15) is 0 Å². The second kappa shape index (κ2) is 6.40.